The third kappa shape index (κ3) is 2.67. The molecule has 0 radical (unpaired) electrons. The maximum absolute atomic E-state index is 12.6. The average Bonchev–Trinajstić information content (AvgIpc) is 2.30. The van der Waals surface area contributed by atoms with Gasteiger partial charge < -0.3 is 5.11 Å². The Hall–Kier alpha value is -2.16. The lowest BCUT2D eigenvalue weighted by Gasteiger charge is -1.95. The van der Waals surface area contributed by atoms with Gasteiger partial charge in [0.05, 0.1) is 5.69 Å². The lowest BCUT2D eigenvalue weighted by Crippen LogP contribution is -1.79. The zero-order valence-electron chi connectivity index (χ0n) is 8.47. The predicted octanol–water partition coefficient (Wildman–Crippen LogP) is 3.28. The Labute approximate surface area is 92.7 Å². The number of halogens is 1. The molecule has 0 saturated heterocycles. The molecule has 0 aliphatic heterocycles. The molecule has 0 aliphatic carbocycles. The second-order valence-electron chi connectivity index (χ2n) is 3.33. The summed E-state index contributed by atoms with van der Waals surface area (Å²) in [5.41, 5.74) is 1.57. The molecule has 0 saturated carbocycles. The molecule has 80 valence electrons. The number of hydrogen-bond donors (Lipinski definition) is 1. The maximum atomic E-state index is 12.6. The molecule has 0 aromatic heterocycles. The Morgan fingerprint density at radius 3 is 2.38 bits per heavy atom. The van der Waals surface area contributed by atoms with Crippen molar-refractivity contribution in [3.05, 3.63) is 59.9 Å². The van der Waals surface area contributed by atoms with E-state index in [1.165, 1.54) is 12.1 Å². The van der Waals surface area contributed by atoms with Crippen LogP contribution in [0, 0.1) is 5.82 Å². The van der Waals surface area contributed by atoms with Crippen molar-refractivity contribution in [3.8, 4) is 5.75 Å². The third-order valence-corrected chi connectivity index (χ3v) is 2.08. The van der Waals surface area contributed by atoms with Crippen LogP contribution in [0.1, 0.15) is 5.56 Å². The molecule has 16 heavy (non-hydrogen) atoms. The van der Waals surface area contributed by atoms with Crippen molar-refractivity contribution in [2.45, 2.75) is 0 Å². The molecule has 3 heteroatoms. The van der Waals surface area contributed by atoms with Gasteiger partial charge in [-0.05, 0) is 54.1 Å². The minimum Gasteiger partial charge on any atom is -0.508 e. The normalized spacial score (nSPS) is 10.8. The Balaban J connectivity index is 2.15. The van der Waals surface area contributed by atoms with Gasteiger partial charge in [0.15, 0.2) is 0 Å². The van der Waals surface area contributed by atoms with E-state index < -0.39 is 0 Å². The Kier molecular flexibility index (Phi) is 2.96. The lowest BCUT2D eigenvalue weighted by atomic mass is 10.3. The fourth-order valence-electron chi connectivity index (χ4n) is 1.24. The quantitative estimate of drug-likeness (QED) is 0.784. The van der Waals surface area contributed by atoms with Crippen LogP contribution in [0.5, 0.6) is 5.75 Å². The summed E-state index contributed by atoms with van der Waals surface area (Å²) in [5.74, 6) is -0.0532. The van der Waals surface area contributed by atoms with Gasteiger partial charge in [-0.1, -0.05) is 0 Å². The number of aliphatic imine (C=N–C) groups is 1. The van der Waals surface area contributed by atoms with Gasteiger partial charge >= 0.3 is 0 Å². The maximum Gasteiger partial charge on any atom is 0.123 e. The molecule has 0 spiro atoms. The standard InChI is InChI=1S/C13H10FNO/c14-11-3-5-12(6-4-11)15-9-10-1-7-13(16)8-2-10/h1-9,16H/i1+2,2+2,7+2,8+2,10+2,13+2. The van der Waals surface area contributed by atoms with Crippen molar-refractivity contribution >= 4 is 11.9 Å². The predicted molar refractivity (Wildman–Crippen MR) is 61.8 cm³/mol. The first-order chi connectivity index (χ1) is 7.74. The Morgan fingerprint density at radius 1 is 1.12 bits per heavy atom. The summed E-state index contributed by atoms with van der Waals surface area (Å²) in [6.45, 7) is 0. The summed E-state index contributed by atoms with van der Waals surface area (Å²) in [6, 6.07) is 12.6. The van der Waals surface area contributed by atoms with Gasteiger partial charge in [0, 0.05) is 6.21 Å². The minimum atomic E-state index is -0.274. The van der Waals surface area contributed by atoms with Crippen molar-refractivity contribution in [3.63, 3.8) is 0 Å². The topological polar surface area (TPSA) is 32.6 Å². The van der Waals surface area contributed by atoms with Crippen LogP contribution in [-0.4, -0.2) is 11.3 Å². The van der Waals surface area contributed by atoms with Crippen molar-refractivity contribution in [2.24, 2.45) is 4.99 Å². The highest BCUT2D eigenvalue weighted by Gasteiger charge is 1.91. The van der Waals surface area contributed by atoms with Crippen molar-refractivity contribution in [1.29, 1.82) is 0 Å². The van der Waals surface area contributed by atoms with Crippen LogP contribution in [0.25, 0.3) is 0 Å². The number of benzene rings is 2. The first kappa shape index (κ1) is 10.4. The Morgan fingerprint density at radius 2 is 1.75 bits per heavy atom. The molecular formula is C13H10FNO. The smallest absolute Gasteiger partial charge is 0.123 e. The molecule has 2 nitrogen and oxygen atoms in total. The number of hydrogen-bond acceptors (Lipinski definition) is 2. The summed E-state index contributed by atoms with van der Waals surface area (Å²) in [4.78, 5) is 4.17. The van der Waals surface area contributed by atoms with Gasteiger partial charge in [-0.15, -0.1) is 0 Å². The highest BCUT2D eigenvalue weighted by molar-refractivity contribution is 5.82. The van der Waals surface area contributed by atoms with Crippen LogP contribution in [0.3, 0.4) is 0 Å². The van der Waals surface area contributed by atoms with Crippen LogP contribution in [0.4, 0.5) is 10.1 Å². The largest absolute Gasteiger partial charge is 0.508 e. The fraction of sp³-hybridized carbons (Fsp3) is 0. The summed E-state index contributed by atoms with van der Waals surface area (Å²) in [5, 5.41) is 9.09. The van der Waals surface area contributed by atoms with Crippen LogP contribution < -0.4 is 0 Å². The molecule has 0 bridgehead atoms. The fourth-order valence-corrected chi connectivity index (χ4v) is 1.24. The van der Waals surface area contributed by atoms with Crippen LogP contribution in [-0.2, 0) is 0 Å². The first-order valence-corrected chi connectivity index (χ1v) is 4.83. The second-order valence-corrected chi connectivity index (χ2v) is 3.33. The SMILES string of the molecule is O[14c]1[14cH][14cH][14c](C=Nc2ccc(F)cc2)[14cH][14cH]1. The zero-order chi connectivity index (χ0) is 11.4. The summed E-state index contributed by atoms with van der Waals surface area (Å²) < 4.78 is 12.6. The van der Waals surface area contributed by atoms with Gasteiger partial charge in [-0.25, -0.2) is 4.39 Å². The van der Waals surface area contributed by atoms with Crippen LogP contribution in [0.15, 0.2) is 53.5 Å². The van der Waals surface area contributed by atoms with Gasteiger partial charge in [-0.3, -0.25) is 4.99 Å². The number of phenolic OH excluding ortho intramolecular Hbond substituents is 1. The zero-order valence-corrected chi connectivity index (χ0v) is 8.47. The second kappa shape index (κ2) is 4.57. The van der Waals surface area contributed by atoms with E-state index in [4.69, 9.17) is 5.11 Å². The van der Waals surface area contributed by atoms with Crippen molar-refractivity contribution in [2.75, 3.05) is 0 Å². The molecule has 0 atom stereocenters. The molecule has 1 N–H and O–H groups in total. The highest BCUT2D eigenvalue weighted by Crippen LogP contribution is 2.13. The van der Waals surface area contributed by atoms with E-state index in [9.17, 15) is 4.39 Å². The van der Waals surface area contributed by atoms with E-state index in [1.54, 1.807) is 42.6 Å². The molecule has 0 amide bonds. The van der Waals surface area contributed by atoms with Crippen LogP contribution in [0.2, 0.25) is 0 Å². The molecular weight excluding hydrogens is 217 g/mol. The summed E-state index contributed by atoms with van der Waals surface area (Å²) >= 11 is 0. The molecule has 0 unspecified atom stereocenters. The highest BCUT2D eigenvalue weighted by atomic mass is 19.1. The van der Waals surface area contributed by atoms with E-state index in [2.05, 4.69) is 4.99 Å². The molecule has 2 aromatic carbocycles. The molecule has 2 rings (SSSR count). The van der Waals surface area contributed by atoms with E-state index in [-0.39, 0.29) is 11.6 Å². The summed E-state index contributed by atoms with van der Waals surface area (Å²) in [7, 11) is 0. The summed E-state index contributed by atoms with van der Waals surface area (Å²) in [6.07, 6.45) is 1.66. The Bertz CT molecular complexity index is 441. The number of nitrogens with zero attached hydrogens (tertiary/aromatic N) is 1. The van der Waals surface area contributed by atoms with Gasteiger partial charge in [0.2, 0.25) is 0 Å². The first-order valence-electron chi connectivity index (χ1n) is 4.83. The molecule has 0 heterocycles. The van der Waals surface area contributed by atoms with E-state index in [0.29, 0.717) is 5.69 Å². The van der Waals surface area contributed by atoms with Crippen LogP contribution >= 0.6 is 0 Å². The van der Waals surface area contributed by atoms with E-state index in [1.807, 2.05) is 0 Å². The van der Waals surface area contributed by atoms with Gasteiger partial charge in [0.25, 0.3) is 0 Å². The lowest BCUT2D eigenvalue weighted by molar-refractivity contribution is 0.475. The van der Waals surface area contributed by atoms with E-state index >= 15 is 0 Å². The average molecular weight is 227 g/mol. The van der Waals surface area contributed by atoms with E-state index in [0.717, 1.165) is 5.56 Å². The number of aromatic hydroxyl groups is 1. The number of phenols is 1. The van der Waals surface area contributed by atoms with Crippen molar-refractivity contribution in [1.82, 2.24) is 0 Å². The minimum absolute atomic E-state index is 0.221. The molecule has 0 fully saturated rings. The van der Waals surface area contributed by atoms with Gasteiger partial charge in [-0.2, -0.15) is 0 Å². The molecule has 2 aromatic rings. The van der Waals surface area contributed by atoms with Gasteiger partial charge in [0.1, 0.15) is 11.6 Å². The monoisotopic (exact) mass is 227 g/mol. The van der Waals surface area contributed by atoms with Crippen molar-refractivity contribution < 1.29 is 9.50 Å². The number of rotatable bonds is 2. The third-order valence-electron chi connectivity index (χ3n) is 2.08. The molecule has 0 aliphatic rings.